The van der Waals surface area contributed by atoms with Gasteiger partial charge in [0.25, 0.3) is 0 Å². The van der Waals surface area contributed by atoms with Gasteiger partial charge in [0.05, 0.1) is 18.4 Å². The van der Waals surface area contributed by atoms with Crippen molar-refractivity contribution in [3.05, 3.63) is 42.5 Å². The van der Waals surface area contributed by atoms with Crippen LogP contribution in [0.5, 0.6) is 0 Å². The minimum Gasteiger partial charge on any atom is -0.353 e. The van der Waals surface area contributed by atoms with Crippen LogP contribution in [-0.4, -0.2) is 63.9 Å². The number of imidazole rings is 1. The number of anilines is 2. The average Bonchev–Trinajstić information content (AvgIpc) is 3.45. The summed E-state index contributed by atoms with van der Waals surface area (Å²) in [6.07, 6.45) is 5.43. The Labute approximate surface area is 177 Å². The lowest BCUT2D eigenvalue weighted by Crippen LogP contribution is -2.48. The van der Waals surface area contributed by atoms with Crippen molar-refractivity contribution in [2.24, 2.45) is 0 Å². The van der Waals surface area contributed by atoms with E-state index in [1.807, 2.05) is 4.90 Å². The molecule has 2 saturated heterocycles. The number of halogens is 1. The number of hydrogen-bond acceptors (Lipinski definition) is 5. The molecule has 160 valence electrons. The summed E-state index contributed by atoms with van der Waals surface area (Å²) in [5, 5.41) is 5.63. The summed E-state index contributed by atoms with van der Waals surface area (Å²) in [5.41, 5.74) is 1.21. The number of likely N-dealkylation sites (tertiary alicyclic amines) is 1. The molecular formula is C21H22FN7O2. The number of nitrogens with one attached hydrogen (secondary N) is 2. The lowest BCUT2D eigenvalue weighted by atomic mass is 10.1. The molecule has 0 atom stereocenters. The Morgan fingerprint density at radius 3 is 2.81 bits per heavy atom. The van der Waals surface area contributed by atoms with Gasteiger partial charge in [-0.05, 0) is 37.1 Å². The molecule has 2 aliphatic heterocycles. The molecule has 9 nitrogen and oxygen atoms in total. The van der Waals surface area contributed by atoms with Crippen LogP contribution in [0, 0.1) is 5.82 Å². The number of urea groups is 1. The maximum atomic E-state index is 14.6. The quantitative estimate of drug-likeness (QED) is 0.673. The van der Waals surface area contributed by atoms with Gasteiger partial charge in [-0.2, -0.15) is 0 Å². The average molecular weight is 423 g/mol. The summed E-state index contributed by atoms with van der Waals surface area (Å²) in [5.74, 6) is 0.691. The predicted molar refractivity (Wildman–Crippen MR) is 113 cm³/mol. The molecular weight excluding hydrogens is 401 g/mol. The van der Waals surface area contributed by atoms with Crippen molar-refractivity contribution >= 4 is 29.2 Å². The van der Waals surface area contributed by atoms with E-state index in [1.54, 1.807) is 39.9 Å². The van der Waals surface area contributed by atoms with Crippen molar-refractivity contribution in [3.8, 4) is 11.3 Å². The highest BCUT2D eigenvalue weighted by atomic mass is 19.1. The van der Waals surface area contributed by atoms with Crippen molar-refractivity contribution in [1.29, 1.82) is 0 Å². The van der Waals surface area contributed by atoms with Crippen LogP contribution in [0.3, 0.4) is 0 Å². The molecule has 0 aliphatic carbocycles. The fourth-order valence-electron chi connectivity index (χ4n) is 4.00. The second kappa shape index (κ2) is 7.86. The first kappa shape index (κ1) is 19.3. The van der Waals surface area contributed by atoms with E-state index in [0.29, 0.717) is 30.2 Å². The molecule has 2 aromatic heterocycles. The first-order valence-corrected chi connectivity index (χ1v) is 10.3. The Kier molecular flexibility index (Phi) is 4.89. The van der Waals surface area contributed by atoms with Gasteiger partial charge < -0.3 is 20.4 Å². The topological polar surface area (TPSA) is 94.9 Å². The van der Waals surface area contributed by atoms with Crippen LogP contribution in [-0.2, 0) is 4.79 Å². The summed E-state index contributed by atoms with van der Waals surface area (Å²) in [4.78, 5) is 36.6. The van der Waals surface area contributed by atoms with Gasteiger partial charge in [-0.1, -0.05) is 0 Å². The first-order chi connectivity index (χ1) is 15.1. The van der Waals surface area contributed by atoms with E-state index in [4.69, 9.17) is 0 Å². The molecule has 5 rings (SSSR count). The molecule has 2 N–H and O–H groups in total. The third-order valence-electron chi connectivity index (χ3n) is 5.61. The normalized spacial score (nSPS) is 16.6. The van der Waals surface area contributed by atoms with Gasteiger partial charge in [0.15, 0.2) is 0 Å². The van der Waals surface area contributed by atoms with E-state index in [9.17, 15) is 14.0 Å². The Balaban J connectivity index is 1.42. The Morgan fingerprint density at radius 1 is 1.16 bits per heavy atom. The maximum Gasteiger partial charge on any atom is 0.321 e. The van der Waals surface area contributed by atoms with Crippen LogP contribution in [0.25, 0.3) is 17.0 Å². The lowest BCUT2D eigenvalue weighted by molar-refractivity contribution is -0.120. The molecule has 3 aromatic rings. The second-order valence-corrected chi connectivity index (χ2v) is 7.69. The molecule has 2 fully saturated rings. The van der Waals surface area contributed by atoms with E-state index in [1.165, 1.54) is 6.07 Å². The van der Waals surface area contributed by atoms with E-state index in [2.05, 4.69) is 20.6 Å². The molecule has 3 amide bonds. The highest BCUT2D eigenvalue weighted by molar-refractivity contribution is 5.90. The monoisotopic (exact) mass is 423 g/mol. The van der Waals surface area contributed by atoms with Crippen LogP contribution < -0.4 is 15.5 Å². The summed E-state index contributed by atoms with van der Waals surface area (Å²) >= 11 is 0. The number of carbonyl (C=O) groups excluding carboxylic acids is 2. The van der Waals surface area contributed by atoms with Crippen LogP contribution in [0.2, 0.25) is 0 Å². The molecule has 4 heterocycles. The number of fused-ring (bicyclic) bond motifs is 1. The highest BCUT2D eigenvalue weighted by Gasteiger charge is 2.21. The largest absolute Gasteiger partial charge is 0.353 e. The summed E-state index contributed by atoms with van der Waals surface area (Å²) < 4.78 is 16.4. The van der Waals surface area contributed by atoms with Crippen molar-refractivity contribution < 1.29 is 14.0 Å². The van der Waals surface area contributed by atoms with Gasteiger partial charge in [-0.3, -0.25) is 9.20 Å². The fourth-order valence-corrected chi connectivity index (χ4v) is 4.00. The highest BCUT2D eigenvalue weighted by Crippen LogP contribution is 2.26. The zero-order valence-electron chi connectivity index (χ0n) is 16.8. The van der Waals surface area contributed by atoms with Gasteiger partial charge in [-0.15, -0.1) is 0 Å². The molecule has 0 unspecified atom stereocenters. The number of aromatic nitrogens is 3. The van der Waals surface area contributed by atoms with Gasteiger partial charge in [0, 0.05) is 43.6 Å². The third kappa shape index (κ3) is 3.76. The number of amides is 3. The number of piperazine rings is 1. The number of benzene rings is 1. The second-order valence-electron chi connectivity index (χ2n) is 7.69. The van der Waals surface area contributed by atoms with Crippen LogP contribution >= 0.6 is 0 Å². The standard InChI is InChI=1S/C21H22FN7O2/c22-16-4-3-14(25-21(31)27-7-1-2-8-27)11-15(16)17-5-9-29-19(12-24-20(29)26-17)28-10-6-23-18(30)13-28/h3-5,9,11-12H,1-2,6-8,10,13H2,(H,23,30)(H,25,31). The SMILES string of the molecule is O=C1CN(c2cnc3nc(-c4cc(NC(=O)N5CCCC5)ccc4F)ccn23)CCN1. The molecule has 1 aromatic carbocycles. The Morgan fingerprint density at radius 2 is 2.00 bits per heavy atom. The van der Waals surface area contributed by atoms with Crippen molar-refractivity contribution in [1.82, 2.24) is 24.6 Å². The molecule has 10 heteroatoms. The third-order valence-corrected chi connectivity index (χ3v) is 5.61. The minimum absolute atomic E-state index is 0.0411. The smallest absolute Gasteiger partial charge is 0.321 e. The van der Waals surface area contributed by atoms with Crippen LogP contribution in [0.4, 0.5) is 20.7 Å². The molecule has 0 radical (unpaired) electrons. The van der Waals surface area contributed by atoms with Gasteiger partial charge in [0.2, 0.25) is 11.7 Å². The molecule has 2 aliphatic rings. The maximum absolute atomic E-state index is 14.6. The van der Waals surface area contributed by atoms with Crippen molar-refractivity contribution in [3.63, 3.8) is 0 Å². The zero-order valence-corrected chi connectivity index (χ0v) is 16.8. The molecule has 31 heavy (non-hydrogen) atoms. The number of nitrogens with zero attached hydrogens (tertiary/aromatic N) is 5. The van der Waals surface area contributed by atoms with Crippen LogP contribution in [0.1, 0.15) is 12.8 Å². The number of hydrogen-bond donors (Lipinski definition) is 2. The summed E-state index contributed by atoms with van der Waals surface area (Å²) in [6, 6.07) is 5.97. The first-order valence-electron chi connectivity index (χ1n) is 10.3. The minimum atomic E-state index is -0.435. The van der Waals surface area contributed by atoms with E-state index >= 15 is 0 Å². The summed E-state index contributed by atoms with van der Waals surface area (Å²) in [6.45, 7) is 2.97. The van der Waals surface area contributed by atoms with Crippen molar-refractivity contribution in [2.75, 3.05) is 42.9 Å². The van der Waals surface area contributed by atoms with E-state index < -0.39 is 5.82 Å². The van der Waals surface area contributed by atoms with Crippen molar-refractivity contribution in [2.45, 2.75) is 12.8 Å². The Bertz CT molecular complexity index is 1160. The Hall–Kier alpha value is -3.69. The zero-order chi connectivity index (χ0) is 21.4. The van der Waals surface area contributed by atoms with Gasteiger partial charge >= 0.3 is 6.03 Å². The molecule has 0 saturated carbocycles. The van der Waals surface area contributed by atoms with Gasteiger partial charge in [-0.25, -0.2) is 19.2 Å². The lowest BCUT2D eigenvalue weighted by Gasteiger charge is -2.27. The van der Waals surface area contributed by atoms with E-state index in [0.717, 1.165) is 31.7 Å². The number of carbonyl (C=O) groups is 2. The molecule has 0 spiro atoms. The molecule has 0 bridgehead atoms. The predicted octanol–water partition coefficient (Wildman–Crippen LogP) is 2.10. The van der Waals surface area contributed by atoms with Crippen LogP contribution in [0.15, 0.2) is 36.7 Å². The van der Waals surface area contributed by atoms with E-state index in [-0.39, 0.29) is 24.0 Å². The summed E-state index contributed by atoms with van der Waals surface area (Å²) in [7, 11) is 0. The number of rotatable bonds is 3. The van der Waals surface area contributed by atoms with Gasteiger partial charge in [0.1, 0.15) is 11.6 Å². The fraction of sp³-hybridized carbons (Fsp3) is 0.333.